The summed E-state index contributed by atoms with van der Waals surface area (Å²) >= 11 is 12.5. The number of hydrogen-bond acceptors (Lipinski definition) is 7. The van der Waals surface area contributed by atoms with E-state index in [4.69, 9.17) is 43.8 Å². The van der Waals surface area contributed by atoms with E-state index in [1.54, 1.807) is 36.5 Å². The standard InChI is InChI=1S/C24H20Cl2N6O2.2CH2O/c25-16-9-17(26)11-18(10-16)31-23(34)20(8-14-3-5-15(12-27)6-4-14)32-21(13-29-24(31)32)30-7-1-2-19(30)22(28)33;2*1-2/h3-6,9-11,13,19-20H,1-2,7-8H2,(H2,28,33);2*1H2/t19-,20?;;/m0../s1. The fraction of sp³-hybridized carbons (Fsp3) is 0.231. The predicted octanol–water partition coefficient (Wildman–Crippen LogP) is 3.61. The van der Waals surface area contributed by atoms with Crippen molar-refractivity contribution in [3.8, 4) is 6.07 Å². The molecule has 10 nitrogen and oxygen atoms in total. The smallest absolute Gasteiger partial charge is 0.257 e. The number of nitriles is 1. The lowest BCUT2D eigenvalue weighted by molar-refractivity contribution is -0.120. The zero-order valence-corrected chi connectivity index (χ0v) is 21.7. The summed E-state index contributed by atoms with van der Waals surface area (Å²) in [6.07, 6.45) is 3.52. The average Bonchev–Trinajstić information content (AvgIpc) is 3.62. The van der Waals surface area contributed by atoms with Gasteiger partial charge in [0, 0.05) is 23.0 Å². The summed E-state index contributed by atoms with van der Waals surface area (Å²) in [5.41, 5.74) is 7.61. The van der Waals surface area contributed by atoms with E-state index in [1.807, 2.05) is 35.2 Å². The van der Waals surface area contributed by atoms with Crippen LogP contribution >= 0.6 is 23.2 Å². The monoisotopic (exact) mass is 554 g/mol. The maximum atomic E-state index is 13.8. The molecule has 2 aliphatic heterocycles. The number of rotatable bonds is 5. The molecule has 5 rings (SSSR count). The first-order chi connectivity index (χ1) is 18.4. The molecule has 0 spiro atoms. The SMILES string of the molecule is C=O.C=O.N#Cc1ccc(CC2C(=O)N(c3cc(Cl)cc(Cl)c3)c3ncc(N4CCC[C@H]4C(N)=O)n32)cc1. The van der Waals surface area contributed by atoms with E-state index in [2.05, 4.69) is 11.1 Å². The van der Waals surface area contributed by atoms with Crippen LogP contribution in [0.4, 0.5) is 17.5 Å². The normalized spacial score (nSPS) is 17.6. The lowest BCUT2D eigenvalue weighted by atomic mass is 10.0. The first-order valence-corrected chi connectivity index (χ1v) is 12.1. The van der Waals surface area contributed by atoms with Gasteiger partial charge >= 0.3 is 0 Å². The maximum Gasteiger partial charge on any atom is 0.257 e. The van der Waals surface area contributed by atoms with Gasteiger partial charge in [-0.3, -0.25) is 14.2 Å². The third-order valence-electron chi connectivity index (χ3n) is 6.27. The Balaban J connectivity index is 0.000000956. The lowest BCUT2D eigenvalue weighted by Gasteiger charge is -2.26. The molecule has 1 aromatic heterocycles. The van der Waals surface area contributed by atoms with Crippen molar-refractivity contribution in [3.63, 3.8) is 0 Å². The second kappa shape index (κ2) is 12.4. The van der Waals surface area contributed by atoms with Gasteiger partial charge in [0.2, 0.25) is 11.9 Å². The topological polar surface area (TPSA) is 142 Å². The summed E-state index contributed by atoms with van der Waals surface area (Å²) in [4.78, 5) is 49.9. The Hall–Kier alpha value is -4.20. The number of fused-ring (bicyclic) bond motifs is 1. The molecule has 1 saturated heterocycles. The molecule has 38 heavy (non-hydrogen) atoms. The number of nitrogens with zero attached hydrogens (tertiary/aromatic N) is 5. The summed E-state index contributed by atoms with van der Waals surface area (Å²) in [5.74, 6) is 0.493. The molecule has 2 atom stereocenters. The zero-order chi connectivity index (χ0) is 28.0. The van der Waals surface area contributed by atoms with Crippen molar-refractivity contribution < 1.29 is 19.2 Å². The van der Waals surface area contributed by atoms with Crippen LogP contribution in [-0.2, 0) is 25.6 Å². The molecule has 0 bridgehead atoms. The van der Waals surface area contributed by atoms with E-state index < -0.39 is 18.0 Å². The molecule has 3 heterocycles. The molecule has 2 aliphatic rings. The van der Waals surface area contributed by atoms with Crippen LogP contribution in [0.3, 0.4) is 0 Å². The third-order valence-corrected chi connectivity index (χ3v) is 6.70. The summed E-state index contributed by atoms with van der Waals surface area (Å²) in [7, 11) is 0. The molecule has 0 aliphatic carbocycles. The van der Waals surface area contributed by atoms with Crippen molar-refractivity contribution in [1.82, 2.24) is 9.55 Å². The van der Waals surface area contributed by atoms with E-state index in [9.17, 15) is 9.59 Å². The van der Waals surface area contributed by atoms with Gasteiger partial charge in [-0.15, -0.1) is 0 Å². The van der Waals surface area contributed by atoms with Gasteiger partial charge < -0.3 is 20.2 Å². The van der Waals surface area contributed by atoms with Gasteiger partial charge in [0.25, 0.3) is 5.91 Å². The number of carbonyl (C=O) groups excluding carboxylic acids is 4. The Morgan fingerprint density at radius 1 is 1.11 bits per heavy atom. The third kappa shape index (κ3) is 5.39. The Bertz CT molecular complexity index is 1350. The van der Waals surface area contributed by atoms with E-state index in [0.29, 0.717) is 52.4 Å². The van der Waals surface area contributed by atoms with E-state index in [1.165, 1.54) is 4.90 Å². The number of benzene rings is 2. The van der Waals surface area contributed by atoms with Crippen LogP contribution in [0.2, 0.25) is 10.0 Å². The Kier molecular flexibility index (Phi) is 9.23. The van der Waals surface area contributed by atoms with Gasteiger partial charge in [-0.05, 0) is 48.7 Å². The zero-order valence-electron chi connectivity index (χ0n) is 20.2. The van der Waals surface area contributed by atoms with Crippen LogP contribution < -0.4 is 15.5 Å². The Morgan fingerprint density at radius 3 is 2.32 bits per heavy atom. The minimum absolute atomic E-state index is 0.193. The number of anilines is 3. The molecule has 0 radical (unpaired) electrons. The van der Waals surface area contributed by atoms with Gasteiger partial charge in [0.05, 0.1) is 23.5 Å². The number of primary amides is 1. The quantitative estimate of drug-likeness (QED) is 0.507. The molecule has 2 N–H and O–H groups in total. The highest BCUT2D eigenvalue weighted by molar-refractivity contribution is 6.35. The summed E-state index contributed by atoms with van der Waals surface area (Å²) in [5, 5.41) is 9.90. The number of nitrogens with two attached hydrogens (primary N) is 1. The fourth-order valence-corrected chi connectivity index (χ4v) is 5.26. The summed E-state index contributed by atoms with van der Waals surface area (Å²) < 4.78 is 1.86. The largest absolute Gasteiger partial charge is 0.368 e. The Labute approximate surface area is 229 Å². The maximum absolute atomic E-state index is 13.8. The molecule has 1 fully saturated rings. The molecule has 2 aromatic carbocycles. The van der Waals surface area contributed by atoms with Crippen molar-refractivity contribution in [2.75, 3.05) is 16.3 Å². The molecular weight excluding hydrogens is 531 g/mol. The summed E-state index contributed by atoms with van der Waals surface area (Å²) in [6, 6.07) is 13.1. The molecule has 2 amide bonds. The number of aromatic nitrogens is 2. The van der Waals surface area contributed by atoms with Crippen molar-refractivity contribution in [2.24, 2.45) is 5.73 Å². The molecule has 3 aromatic rings. The molecule has 196 valence electrons. The second-order valence-electron chi connectivity index (χ2n) is 8.37. The van der Waals surface area contributed by atoms with E-state index in [-0.39, 0.29) is 5.91 Å². The lowest BCUT2D eigenvalue weighted by Crippen LogP contribution is -2.41. The summed E-state index contributed by atoms with van der Waals surface area (Å²) in [6.45, 7) is 4.64. The first kappa shape index (κ1) is 28.4. The number of amides is 2. The van der Waals surface area contributed by atoms with Crippen LogP contribution in [0.5, 0.6) is 0 Å². The van der Waals surface area contributed by atoms with Crippen LogP contribution in [0.1, 0.15) is 30.0 Å². The minimum atomic E-state index is -0.618. The second-order valence-corrected chi connectivity index (χ2v) is 9.24. The van der Waals surface area contributed by atoms with Gasteiger partial charge in [0.15, 0.2) is 0 Å². The molecular formula is C26H24Cl2N6O4. The van der Waals surface area contributed by atoms with Crippen LogP contribution in [0, 0.1) is 11.3 Å². The van der Waals surface area contributed by atoms with Crippen LogP contribution in [0.15, 0.2) is 48.7 Å². The van der Waals surface area contributed by atoms with Gasteiger partial charge in [-0.2, -0.15) is 5.26 Å². The van der Waals surface area contributed by atoms with Crippen LogP contribution in [-0.4, -0.2) is 47.5 Å². The van der Waals surface area contributed by atoms with Gasteiger partial charge in [0.1, 0.15) is 31.5 Å². The number of imidazole rings is 1. The van der Waals surface area contributed by atoms with E-state index >= 15 is 0 Å². The average molecular weight is 555 g/mol. The highest BCUT2D eigenvalue weighted by atomic mass is 35.5. The number of hydrogen-bond donors (Lipinski definition) is 1. The van der Waals surface area contributed by atoms with Crippen molar-refractivity contribution in [3.05, 3.63) is 69.8 Å². The van der Waals surface area contributed by atoms with Gasteiger partial charge in [-0.25, -0.2) is 9.88 Å². The van der Waals surface area contributed by atoms with Crippen molar-refractivity contribution in [2.45, 2.75) is 31.3 Å². The molecule has 1 unspecified atom stereocenters. The highest BCUT2D eigenvalue weighted by Gasteiger charge is 2.43. The van der Waals surface area contributed by atoms with Crippen molar-refractivity contribution >= 4 is 66.0 Å². The number of halogens is 2. The molecule has 12 heteroatoms. The molecule has 0 saturated carbocycles. The number of carbonyl (C=O) groups is 4. The van der Waals surface area contributed by atoms with Crippen LogP contribution in [0.25, 0.3) is 0 Å². The van der Waals surface area contributed by atoms with Crippen molar-refractivity contribution in [1.29, 1.82) is 5.26 Å². The predicted molar refractivity (Wildman–Crippen MR) is 144 cm³/mol. The minimum Gasteiger partial charge on any atom is -0.368 e. The fourth-order valence-electron chi connectivity index (χ4n) is 4.74. The van der Waals surface area contributed by atoms with Gasteiger partial charge in [-0.1, -0.05) is 35.3 Å². The Morgan fingerprint density at radius 2 is 1.74 bits per heavy atom. The highest BCUT2D eigenvalue weighted by Crippen LogP contribution is 2.43. The first-order valence-electron chi connectivity index (χ1n) is 11.4. The van der Waals surface area contributed by atoms with E-state index in [0.717, 1.165) is 12.0 Å².